The van der Waals surface area contributed by atoms with E-state index >= 15 is 0 Å². The van der Waals surface area contributed by atoms with Gasteiger partial charge in [-0.05, 0) is 49.4 Å². The van der Waals surface area contributed by atoms with Gasteiger partial charge in [-0.2, -0.15) is 0 Å². The van der Waals surface area contributed by atoms with E-state index in [-0.39, 0.29) is 12.0 Å². The monoisotopic (exact) mass is 263 g/mol. The number of nitrogens with zero attached hydrogens (tertiary/aromatic N) is 1. The van der Waals surface area contributed by atoms with Gasteiger partial charge in [0.1, 0.15) is 0 Å². The molecule has 0 saturated heterocycles. The van der Waals surface area contributed by atoms with Crippen LogP contribution in [0.2, 0.25) is 0 Å². The Hall–Kier alpha value is -1.59. The number of aliphatic hydroxyl groups excluding tert-OH is 1. The van der Waals surface area contributed by atoms with E-state index < -0.39 is 0 Å². The first-order valence-electron chi connectivity index (χ1n) is 6.52. The van der Waals surface area contributed by atoms with Gasteiger partial charge in [0.15, 0.2) is 0 Å². The number of nitrogens with two attached hydrogens (primary N) is 1. The van der Waals surface area contributed by atoms with Crippen LogP contribution < -0.4 is 11.3 Å². The molecule has 0 heterocycles. The molecule has 1 saturated carbocycles. The lowest BCUT2D eigenvalue weighted by molar-refractivity contribution is 0.0265. The number of nitrogen functional groups attached to an aromatic ring is 1. The fourth-order valence-corrected chi connectivity index (χ4v) is 2.50. The third-order valence-electron chi connectivity index (χ3n) is 3.72. The van der Waals surface area contributed by atoms with Gasteiger partial charge in [0, 0.05) is 19.2 Å². The summed E-state index contributed by atoms with van der Waals surface area (Å²) in [6.45, 7) is 2.61. The number of carbonyl (C=O) groups excluding carboxylic acids is 1. The quantitative estimate of drug-likeness (QED) is 0.562. The van der Waals surface area contributed by atoms with E-state index in [2.05, 4.69) is 5.43 Å². The number of hydrazine groups is 1. The van der Waals surface area contributed by atoms with E-state index in [9.17, 15) is 9.90 Å². The molecule has 19 heavy (non-hydrogen) atoms. The normalized spacial score (nSPS) is 21.7. The molecule has 5 heteroatoms. The topological polar surface area (TPSA) is 78.6 Å². The van der Waals surface area contributed by atoms with Crippen molar-refractivity contribution < 1.29 is 9.90 Å². The Labute approximate surface area is 113 Å². The lowest BCUT2D eigenvalue weighted by atomic mass is 9.82. The number of rotatable bonds is 4. The maximum absolute atomic E-state index is 12.3. The summed E-state index contributed by atoms with van der Waals surface area (Å²) in [5, 5.41) is 9.26. The number of hydrogen-bond donors (Lipinski definition) is 3. The van der Waals surface area contributed by atoms with Crippen molar-refractivity contribution in [3.63, 3.8) is 0 Å². The van der Waals surface area contributed by atoms with E-state index in [1.54, 1.807) is 18.0 Å². The van der Waals surface area contributed by atoms with Crippen molar-refractivity contribution in [1.82, 2.24) is 4.90 Å². The summed E-state index contributed by atoms with van der Waals surface area (Å²) in [6, 6.07) is 5.42. The van der Waals surface area contributed by atoms with Crippen LogP contribution in [0.15, 0.2) is 18.2 Å². The number of nitrogens with one attached hydrogen (secondary N) is 1. The van der Waals surface area contributed by atoms with Crippen LogP contribution in [0.4, 0.5) is 5.69 Å². The molecule has 1 aliphatic rings. The van der Waals surface area contributed by atoms with Gasteiger partial charge in [-0.1, -0.05) is 0 Å². The van der Waals surface area contributed by atoms with Crippen LogP contribution >= 0.6 is 0 Å². The maximum Gasteiger partial charge on any atom is 0.253 e. The SMILES string of the molecule is Cc1cc(C(=O)N(C)CC2CC(O)C2)ccc1NN. The summed E-state index contributed by atoms with van der Waals surface area (Å²) in [5.41, 5.74) is 5.02. The molecule has 0 atom stereocenters. The molecule has 0 unspecified atom stereocenters. The number of aliphatic hydroxyl groups is 1. The second kappa shape index (κ2) is 5.59. The van der Waals surface area contributed by atoms with Crippen LogP contribution in [-0.4, -0.2) is 35.6 Å². The highest BCUT2D eigenvalue weighted by Gasteiger charge is 2.29. The Morgan fingerprint density at radius 3 is 2.74 bits per heavy atom. The van der Waals surface area contributed by atoms with E-state index in [1.807, 2.05) is 19.1 Å². The second-order valence-corrected chi connectivity index (χ2v) is 5.35. The molecule has 5 nitrogen and oxygen atoms in total. The van der Waals surface area contributed by atoms with Crippen LogP contribution in [0.5, 0.6) is 0 Å². The molecule has 0 aromatic heterocycles. The van der Waals surface area contributed by atoms with Gasteiger partial charge in [-0.15, -0.1) is 0 Å². The molecule has 0 spiro atoms. The number of benzene rings is 1. The van der Waals surface area contributed by atoms with Crippen molar-refractivity contribution in [3.05, 3.63) is 29.3 Å². The lowest BCUT2D eigenvalue weighted by Crippen LogP contribution is -2.39. The predicted octanol–water partition coefficient (Wildman–Crippen LogP) is 1.12. The van der Waals surface area contributed by atoms with Crippen molar-refractivity contribution in [2.75, 3.05) is 19.0 Å². The smallest absolute Gasteiger partial charge is 0.253 e. The fourth-order valence-electron chi connectivity index (χ4n) is 2.50. The molecule has 1 fully saturated rings. The minimum absolute atomic E-state index is 0.00746. The van der Waals surface area contributed by atoms with Gasteiger partial charge in [0.25, 0.3) is 5.91 Å². The molecule has 0 aliphatic heterocycles. The van der Waals surface area contributed by atoms with E-state index in [0.717, 1.165) is 24.1 Å². The van der Waals surface area contributed by atoms with Crippen LogP contribution in [0.3, 0.4) is 0 Å². The minimum Gasteiger partial charge on any atom is -0.393 e. The summed E-state index contributed by atoms with van der Waals surface area (Å²) in [6.07, 6.45) is 1.42. The molecule has 1 aliphatic carbocycles. The van der Waals surface area contributed by atoms with Crippen LogP contribution in [0.25, 0.3) is 0 Å². The van der Waals surface area contributed by atoms with Crippen molar-refractivity contribution in [2.24, 2.45) is 11.8 Å². The molecule has 1 aromatic carbocycles. The Balaban J connectivity index is 2.00. The first-order chi connectivity index (χ1) is 9.01. The summed E-state index contributed by atoms with van der Waals surface area (Å²) in [4.78, 5) is 14.0. The van der Waals surface area contributed by atoms with Crippen LogP contribution in [-0.2, 0) is 0 Å². The largest absolute Gasteiger partial charge is 0.393 e. The molecular weight excluding hydrogens is 242 g/mol. The third kappa shape index (κ3) is 3.05. The summed E-state index contributed by atoms with van der Waals surface area (Å²) < 4.78 is 0. The Bertz CT molecular complexity index is 470. The standard InChI is InChI=1S/C14H21N3O2/c1-9-5-11(3-4-13(9)16-15)14(19)17(2)8-10-6-12(18)7-10/h3-5,10,12,16,18H,6-8,15H2,1-2H3. The lowest BCUT2D eigenvalue weighted by Gasteiger charge is -2.34. The fraction of sp³-hybridized carbons (Fsp3) is 0.500. The number of anilines is 1. The number of amides is 1. The van der Waals surface area contributed by atoms with Gasteiger partial charge in [0.05, 0.1) is 11.8 Å². The van der Waals surface area contributed by atoms with E-state index in [0.29, 0.717) is 18.0 Å². The zero-order chi connectivity index (χ0) is 14.0. The van der Waals surface area contributed by atoms with Gasteiger partial charge in [-0.3, -0.25) is 10.6 Å². The zero-order valence-corrected chi connectivity index (χ0v) is 11.4. The highest BCUT2D eigenvalue weighted by Crippen LogP contribution is 2.28. The van der Waals surface area contributed by atoms with E-state index in [1.165, 1.54) is 0 Å². The Morgan fingerprint density at radius 1 is 1.53 bits per heavy atom. The Morgan fingerprint density at radius 2 is 2.21 bits per heavy atom. The summed E-state index contributed by atoms with van der Waals surface area (Å²) in [7, 11) is 1.80. The molecular formula is C14H21N3O2. The molecule has 1 aromatic rings. The first-order valence-corrected chi connectivity index (χ1v) is 6.52. The van der Waals surface area contributed by atoms with Crippen molar-refractivity contribution in [2.45, 2.75) is 25.9 Å². The average molecular weight is 263 g/mol. The predicted molar refractivity (Wildman–Crippen MR) is 74.7 cm³/mol. The molecule has 1 amide bonds. The van der Waals surface area contributed by atoms with Crippen molar-refractivity contribution >= 4 is 11.6 Å². The molecule has 0 bridgehead atoms. The van der Waals surface area contributed by atoms with Crippen LogP contribution in [0.1, 0.15) is 28.8 Å². The van der Waals surface area contributed by atoms with Gasteiger partial charge >= 0.3 is 0 Å². The van der Waals surface area contributed by atoms with Gasteiger partial charge in [0.2, 0.25) is 0 Å². The first kappa shape index (κ1) is 13.8. The van der Waals surface area contributed by atoms with Crippen molar-refractivity contribution in [3.8, 4) is 0 Å². The number of aryl methyl sites for hydroxylation is 1. The summed E-state index contributed by atoms with van der Waals surface area (Å²) >= 11 is 0. The van der Waals surface area contributed by atoms with E-state index in [4.69, 9.17) is 5.84 Å². The maximum atomic E-state index is 12.3. The highest BCUT2D eigenvalue weighted by molar-refractivity contribution is 5.94. The van der Waals surface area contributed by atoms with Crippen molar-refractivity contribution in [1.29, 1.82) is 0 Å². The molecule has 4 N–H and O–H groups in total. The van der Waals surface area contributed by atoms with Crippen LogP contribution in [0, 0.1) is 12.8 Å². The number of hydrogen-bond acceptors (Lipinski definition) is 4. The summed E-state index contributed by atoms with van der Waals surface area (Å²) in [5.74, 6) is 5.81. The molecule has 2 rings (SSSR count). The highest BCUT2D eigenvalue weighted by atomic mass is 16.3. The average Bonchev–Trinajstić information content (AvgIpc) is 2.35. The number of carbonyl (C=O) groups is 1. The molecule has 0 radical (unpaired) electrons. The third-order valence-corrected chi connectivity index (χ3v) is 3.72. The van der Waals surface area contributed by atoms with Gasteiger partial charge in [-0.25, -0.2) is 0 Å². The molecule has 104 valence electrons. The second-order valence-electron chi connectivity index (χ2n) is 5.35. The van der Waals surface area contributed by atoms with Gasteiger partial charge < -0.3 is 15.4 Å². The minimum atomic E-state index is -0.175. The zero-order valence-electron chi connectivity index (χ0n) is 11.4. The Kier molecular flexibility index (Phi) is 4.07.